The van der Waals surface area contributed by atoms with Gasteiger partial charge in [-0.2, -0.15) is 5.26 Å². The van der Waals surface area contributed by atoms with E-state index >= 15 is 0 Å². The Labute approximate surface area is 223 Å². The van der Waals surface area contributed by atoms with Crippen molar-refractivity contribution in [3.8, 4) is 6.07 Å². The number of para-hydroxylation sites is 1. The maximum Gasteiger partial charge on any atom is 0.256 e. The van der Waals surface area contributed by atoms with Gasteiger partial charge in [-0.25, -0.2) is 4.98 Å². The molecule has 3 aromatic rings. The van der Waals surface area contributed by atoms with Crippen molar-refractivity contribution in [1.29, 1.82) is 5.26 Å². The summed E-state index contributed by atoms with van der Waals surface area (Å²) in [5, 5.41) is 20.4. The van der Waals surface area contributed by atoms with Crippen LogP contribution in [0.5, 0.6) is 0 Å². The van der Waals surface area contributed by atoms with Crippen LogP contribution < -0.4 is 16.0 Å². The van der Waals surface area contributed by atoms with E-state index in [9.17, 15) is 14.9 Å². The number of furan rings is 1. The highest BCUT2D eigenvalue weighted by molar-refractivity contribution is 8.03. The minimum atomic E-state index is -0.709. The van der Waals surface area contributed by atoms with Gasteiger partial charge in [0.1, 0.15) is 5.76 Å². The Bertz CT molecular complexity index is 1380. The molecule has 1 atom stereocenters. The molecule has 190 valence electrons. The third-order valence-corrected chi connectivity index (χ3v) is 8.52. The fraction of sp³-hybridized carbons (Fsp3) is 0.333. The summed E-state index contributed by atoms with van der Waals surface area (Å²) in [7, 11) is 0. The molecule has 1 fully saturated rings. The lowest BCUT2D eigenvalue weighted by atomic mass is 9.85. The van der Waals surface area contributed by atoms with E-state index in [0.29, 0.717) is 32.8 Å². The second kappa shape index (κ2) is 11.2. The number of benzene rings is 1. The molecule has 1 aliphatic carbocycles. The summed E-state index contributed by atoms with van der Waals surface area (Å²) in [5.74, 6) is -0.470. The van der Waals surface area contributed by atoms with Crippen LogP contribution in [0.3, 0.4) is 0 Å². The molecule has 0 unspecified atom stereocenters. The number of thiazole rings is 1. The van der Waals surface area contributed by atoms with Crippen LogP contribution in [0.15, 0.2) is 69.0 Å². The summed E-state index contributed by atoms with van der Waals surface area (Å²) in [5.41, 5.74) is 2.11. The number of anilines is 1. The van der Waals surface area contributed by atoms with Gasteiger partial charge in [-0.3, -0.25) is 14.9 Å². The number of carbonyl (C=O) groups excluding carboxylic acids is 2. The molecule has 8 nitrogen and oxygen atoms in total. The molecule has 1 saturated carbocycles. The highest BCUT2D eigenvalue weighted by Crippen LogP contribution is 2.41. The number of allylic oxidation sites excluding steroid dienone is 2. The third-order valence-electron chi connectivity index (χ3n) is 6.55. The molecule has 3 heterocycles. The van der Waals surface area contributed by atoms with E-state index in [4.69, 9.17) is 4.42 Å². The average molecular weight is 534 g/mol. The maximum atomic E-state index is 13.5. The van der Waals surface area contributed by atoms with Crippen LogP contribution in [-0.4, -0.2) is 28.6 Å². The normalized spacial score (nSPS) is 18.4. The first kappa shape index (κ1) is 25.1. The van der Waals surface area contributed by atoms with Crippen LogP contribution in [0, 0.1) is 11.3 Å². The number of nitriles is 1. The molecule has 10 heteroatoms. The summed E-state index contributed by atoms with van der Waals surface area (Å²) in [6, 6.07) is 13.6. The van der Waals surface area contributed by atoms with Gasteiger partial charge in [0.2, 0.25) is 5.91 Å². The van der Waals surface area contributed by atoms with Gasteiger partial charge in [0.05, 0.1) is 50.4 Å². The van der Waals surface area contributed by atoms with Gasteiger partial charge in [0, 0.05) is 11.7 Å². The zero-order chi connectivity index (χ0) is 25.8. The second-order valence-corrected chi connectivity index (χ2v) is 11.1. The highest BCUT2D eigenvalue weighted by atomic mass is 32.2. The third kappa shape index (κ3) is 5.58. The molecule has 1 aliphatic heterocycles. The van der Waals surface area contributed by atoms with Crippen molar-refractivity contribution in [2.24, 2.45) is 0 Å². The minimum Gasteiger partial charge on any atom is -0.468 e. The van der Waals surface area contributed by atoms with E-state index in [2.05, 4.69) is 27.0 Å². The number of thioether (sulfide) groups is 1. The molecule has 37 heavy (non-hydrogen) atoms. The first-order valence-electron chi connectivity index (χ1n) is 12.3. The molecular formula is C27H27N5O3S2. The van der Waals surface area contributed by atoms with Crippen LogP contribution >= 0.6 is 23.1 Å². The number of rotatable bonds is 7. The zero-order valence-electron chi connectivity index (χ0n) is 20.4. The predicted molar refractivity (Wildman–Crippen MR) is 146 cm³/mol. The van der Waals surface area contributed by atoms with E-state index in [1.165, 1.54) is 35.8 Å². The van der Waals surface area contributed by atoms with Crippen molar-refractivity contribution in [2.75, 3.05) is 11.1 Å². The molecule has 2 amide bonds. The molecule has 0 radical (unpaired) electrons. The van der Waals surface area contributed by atoms with Crippen molar-refractivity contribution < 1.29 is 14.0 Å². The summed E-state index contributed by atoms with van der Waals surface area (Å²) in [6.07, 6.45) is 7.04. The molecule has 0 bridgehead atoms. The van der Waals surface area contributed by atoms with E-state index in [1.54, 1.807) is 19.1 Å². The lowest BCUT2D eigenvalue weighted by Crippen LogP contribution is -2.37. The zero-order valence-corrected chi connectivity index (χ0v) is 22.0. The van der Waals surface area contributed by atoms with Crippen LogP contribution in [0.2, 0.25) is 0 Å². The van der Waals surface area contributed by atoms with Crippen LogP contribution in [-0.2, 0) is 9.59 Å². The number of nitrogens with zero attached hydrogens (tertiary/aromatic N) is 2. The summed E-state index contributed by atoms with van der Waals surface area (Å²) in [4.78, 5) is 30.7. The number of hydrogen-bond acceptors (Lipinski definition) is 8. The Kier molecular flexibility index (Phi) is 7.63. The van der Waals surface area contributed by atoms with Gasteiger partial charge in [-0.05, 0) is 44.0 Å². The number of amides is 2. The largest absolute Gasteiger partial charge is 0.468 e. The van der Waals surface area contributed by atoms with E-state index < -0.39 is 5.92 Å². The quantitative estimate of drug-likeness (QED) is 0.372. The first-order valence-corrected chi connectivity index (χ1v) is 14.1. The van der Waals surface area contributed by atoms with Gasteiger partial charge in [0.15, 0.2) is 5.13 Å². The Morgan fingerprint density at radius 3 is 2.76 bits per heavy atom. The first-order chi connectivity index (χ1) is 18.0. The number of aromatic nitrogens is 1. The Balaban J connectivity index is 1.37. The Morgan fingerprint density at radius 2 is 2.03 bits per heavy atom. The van der Waals surface area contributed by atoms with Crippen molar-refractivity contribution in [3.05, 3.63) is 70.3 Å². The molecule has 1 aromatic carbocycles. The van der Waals surface area contributed by atoms with Crippen molar-refractivity contribution in [3.63, 3.8) is 0 Å². The topological polar surface area (TPSA) is 120 Å². The summed E-state index contributed by atoms with van der Waals surface area (Å²) < 4.78 is 6.65. The highest BCUT2D eigenvalue weighted by Gasteiger charge is 2.37. The standard InChI is InChI=1S/C27H27N5O3S2/c1-16-23(25(34)32-27-31-19-10-5-6-12-21(19)37-27)24(20-11-7-13-35-20)18(14-28)26(29-16)36-15-22(33)30-17-8-3-2-4-9-17/h5-7,10-13,17,24,29H,2-4,8-9,15H2,1H3,(H,30,33)(H,31,32,34)/t24-/m1/s1. The minimum absolute atomic E-state index is 0.0564. The number of dihydropyridines is 1. The summed E-state index contributed by atoms with van der Waals surface area (Å²) >= 11 is 2.66. The fourth-order valence-electron chi connectivity index (χ4n) is 4.81. The van der Waals surface area contributed by atoms with E-state index in [1.807, 2.05) is 24.3 Å². The number of hydrogen-bond donors (Lipinski definition) is 3. The molecule has 2 aliphatic rings. The van der Waals surface area contributed by atoms with Gasteiger partial charge < -0.3 is 15.1 Å². The molecule has 2 aromatic heterocycles. The number of fused-ring (bicyclic) bond motifs is 1. The number of nitrogens with one attached hydrogen (secondary N) is 3. The molecular weight excluding hydrogens is 506 g/mol. The Morgan fingerprint density at radius 1 is 1.22 bits per heavy atom. The van der Waals surface area contributed by atoms with Gasteiger partial charge in [0.25, 0.3) is 5.91 Å². The average Bonchev–Trinajstić information content (AvgIpc) is 3.57. The SMILES string of the molecule is CC1=C(C(=O)Nc2nc3ccccc3s2)[C@@H](c2ccco2)C(C#N)=C(SCC(=O)NC2CCCCC2)N1. The van der Waals surface area contributed by atoms with E-state index in [0.717, 1.165) is 35.9 Å². The molecule has 3 N–H and O–H groups in total. The van der Waals surface area contributed by atoms with Gasteiger partial charge in [-0.1, -0.05) is 54.5 Å². The van der Waals surface area contributed by atoms with Crippen molar-refractivity contribution in [2.45, 2.75) is 51.0 Å². The molecule has 5 rings (SSSR count). The lowest BCUT2D eigenvalue weighted by Gasteiger charge is -2.28. The monoisotopic (exact) mass is 533 g/mol. The maximum absolute atomic E-state index is 13.5. The molecule has 0 saturated heterocycles. The second-order valence-electron chi connectivity index (χ2n) is 9.10. The van der Waals surface area contributed by atoms with Gasteiger partial charge >= 0.3 is 0 Å². The number of carbonyl (C=O) groups is 2. The summed E-state index contributed by atoms with van der Waals surface area (Å²) in [6.45, 7) is 1.79. The van der Waals surface area contributed by atoms with Crippen molar-refractivity contribution >= 4 is 50.3 Å². The smallest absolute Gasteiger partial charge is 0.256 e. The Hall–Kier alpha value is -3.55. The van der Waals surface area contributed by atoms with Crippen LogP contribution in [0.1, 0.15) is 50.7 Å². The van der Waals surface area contributed by atoms with Crippen molar-refractivity contribution in [1.82, 2.24) is 15.6 Å². The molecule has 0 spiro atoms. The van der Waals surface area contributed by atoms with Gasteiger partial charge in [-0.15, -0.1) is 0 Å². The lowest BCUT2D eigenvalue weighted by molar-refractivity contribution is -0.119. The van der Waals surface area contributed by atoms with E-state index in [-0.39, 0.29) is 23.6 Å². The van der Waals surface area contributed by atoms with Crippen LogP contribution in [0.25, 0.3) is 10.2 Å². The fourth-order valence-corrected chi connectivity index (χ4v) is 6.58. The predicted octanol–water partition coefficient (Wildman–Crippen LogP) is 5.41. The van der Waals surface area contributed by atoms with Crippen LogP contribution in [0.4, 0.5) is 5.13 Å².